The van der Waals surface area contributed by atoms with Gasteiger partial charge in [0, 0.05) is 36.9 Å². The van der Waals surface area contributed by atoms with Crippen molar-refractivity contribution in [3.63, 3.8) is 0 Å². The first-order chi connectivity index (χ1) is 13.4. The summed E-state index contributed by atoms with van der Waals surface area (Å²) in [5.41, 5.74) is -0.363. The lowest BCUT2D eigenvalue weighted by Gasteiger charge is -2.32. The molecule has 0 unspecified atom stereocenters. The number of likely N-dealkylation sites (tertiary alicyclic amines) is 1. The van der Waals surface area contributed by atoms with Crippen LogP contribution in [0, 0.1) is 17.8 Å². The molecule has 0 aromatic carbocycles. The molecule has 2 aromatic heterocycles. The number of hydrogen-bond donors (Lipinski definition) is 2. The third-order valence-corrected chi connectivity index (χ3v) is 5.60. The Morgan fingerprint density at radius 1 is 1.43 bits per heavy atom. The first-order valence-corrected chi connectivity index (χ1v) is 10.5. The highest BCUT2D eigenvalue weighted by molar-refractivity contribution is 7.12. The second kappa shape index (κ2) is 9.33. The molecule has 0 saturated carbocycles. The van der Waals surface area contributed by atoms with Crippen molar-refractivity contribution in [3.05, 3.63) is 52.0 Å². The zero-order valence-corrected chi connectivity index (χ0v) is 17.3. The van der Waals surface area contributed by atoms with E-state index < -0.39 is 5.60 Å². The van der Waals surface area contributed by atoms with Gasteiger partial charge >= 0.3 is 0 Å². The number of nitrogens with zero attached hydrogens (tertiary/aromatic N) is 2. The minimum atomic E-state index is -0.968. The number of rotatable bonds is 5. The van der Waals surface area contributed by atoms with Crippen LogP contribution in [0.3, 0.4) is 0 Å². The van der Waals surface area contributed by atoms with Crippen molar-refractivity contribution in [1.82, 2.24) is 15.2 Å². The average molecular weight is 398 g/mol. The Balaban J connectivity index is 1.49. The van der Waals surface area contributed by atoms with Crippen LogP contribution in [-0.2, 0) is 6.54 Å². The van der Waals surface area contributed by atoms with E-state index in [1.54, 1.807) is 49.7 Å². The summed E-state index contributed by atoms with van der Waals surface area (Å²) in [6, 6.07) is 7.70. The molecule has 28 heavy (non-hydrogen) atoms. The van der Waals surface area contributed by atoms with Crippen molar-refractivity contribution in [2.75, 3.05) is 19.6 Å². The monoisotopic (exact) mass is 397 g/mol. The maximum absolute atomic E-state index is 12.2. The Bertz CT molecular complexity index is 846. The Morgan fingerprint density at radius 3 is 3.04 bits per heavy atom. The zero-order valence-electron chi connectivity index (χ0n) is 16.4. The largest absolute Gasteiger partial charge is 0.378 e. The van der Waals surface area contributed by atoms with Gasteiger partial charge < -0.3 is 10.4 Å². The highest BCUT2D eigenvalue weighted by Gasteiger charge is 2.21. The molecule has 0 bridgehead atoms. The van der Waals surface area contributed by atoms with E-state index in [9.17, 15) is 9.90 Å². The molecular formula is C22H27N3O2S. The van der Waals surface area contributed by atoms with Gasteiger partial charge in [0.25, 0.3) is 5.91 Å². The molecule has 3 rings (SSSR count). The Kier molecular flexibility index (Phi) is 6.84. The van der Waals surface area contributed by atoms with Gasteiger partial charge in [-0.15, -0.1) is 11.3 Å². The molecule has 1 atom stereocenters. The van der Waals surface area contributed by atoms with E-state index in [2.05, 4.69) is 33.1 Å². The SMILES string of the molecule is CC(C)(O)C#Cc1ccc(CN2CCC[C@H](CNC(=O)c3cccnc3)C2)s1. The molecule has 148 valence electrons. The van der Waals surface area contributed by atoms with Crippen LogP contribution >= 0.6 is 11.3 Å². The Morgan fingerprint density at radius 2 is 2.29 bits per heavy atom. The summed E-state index contributed by atoms with van der Waals surface area (Å²) < 4.78 is 0. The van der Waals surface area contributed by atoms with Crippen molar-refractivity contribution in [2.24, 2.45) is 5.92 Å². The molecule has 6 heteroatoms. The number of carbonyl (C=O) groups is 1. The molecule has 0 spiro atoms. The van der Waals surface area contributed by atoms with Gasteiger partial charge in [0.05, 0.1) is 10.4 Å². The maximum Gasteiger partial charge on any atom is 0.252 e. The summed E-state index contributed by atoms with van der Waals surface area (Å²) >= 11 is 1.68. The third-order valence-electron chi connectivity index (χ3n) is 4.61. The molecule has 1 amide bonds. The smallest absolute Gasteiger partial charge is 0.252 e. The normalized spacial score (nSPS) is 17.6. The van der Waals surface area contributed by atoms with Gasteiger partial charge in [-0.05, 0) is 63.4 Å². The highest BCUT2D eigenvalue weighted by Crippen LogP contribution is 2.22. The minimum absolute atomic E-state index is 0.0569. The lowest BCUT2D eigenvalue weighted by atomic mass is 9.98. The van der Waals surface area contributed by atoms with Gasteiger partial charge in [0.1, 0.15) is 5.60 Å². The third kappa shape index (κ3) is 6.45. The topological polar surface area (TPSA) is 65.5 Å². The first kappa shape index (κ1) is 20.5. The molecule has 3 heterocycles. The van der Waals surface area contributed by atoms with E-state index in [4.69, 9.17) is 0 Å². The Labute approximate surface area is 170 Å². The van der Waals surface area contributed by atoms with Gasteiger partial charge in [-0.2, -0.15) is 0 Å². The molecule has 0 aliphatic carbocycles. The van der Waals surface area contributed by atoms with Crippen LogP contribution in [0.15, 0.2) is 36.7 Å². The van der Waals surface area contributed by atoms with Crippen LogP contribution in [0.2, 0.25) is 0 Å². The fourth-order valence-electron chi connectivity index (χ4n) is 3.26. The fourth-order valence-corrected chi connectivity index (χ4v) is 4.17. The van der Waals surface area contributed by atoms with Crippen LogP contribution < -0.4 is 5.32 Å². The highest BCUT2D eigenvalue weighted by atomic mass is 32.1. The standard InChI is InChI=1S/C22H27N3O2S/c1-22(2,27)10-9-19-7-8-20(28-19)16-25-12-4-5-17(15-25)13-24-21(26)18-6-3-11-23-14-18/h3,6-8,11,14,17,27H,4-5,12-13,15-16H2,1-2H3,(H,24,26)/t17-/m1/s1. The lowest BCUT2D eigenvalue weighted by molar-refractivity contribution is 0.0930. The summed E-state index contributed by atoms with van der Waals surface area (Å²) in [6.07, 6.45) is 5.54. The number of aromatic nitrogens is 1. The molecule has 2 aromatic rings. The molecule has 1 aliphatic heterocycles. The molecular weight excluding hydrogens is 370 g/mol. The summed E-state index contributed by atoms with van der Waals surface area (Å²) in [5.74, 6) is 6.31. The summed E-state index contributed by atoms with van der Waals surface area (Å²) in [5, 5.41) is 12.8. The quantitative estimate of drug-likeness (QED) is 0.762. The molecule has 1 aliphatic rings. The zero-order chi connectivity index (χ0) is 20.0. The van der Waals surface area contributed by atoms with Gasteiger partial charge in [0.2, 0.25) is 0 Å². The van der Waals surface area contributed by atoms with E-state index in [-0.39, 0.29) is 5.91 Å². The van der Waals surface area contributed by atoms with Gasteiger partial charge in [-0.3, -0.25) is 14.7 Å². The van der Waals surface area contributed by atoms with E-state index in [0.29, 0.717) is 18.0 Å². The van der Waals surface area contributed by atoms with Gasteiger partial charge in [-0.1, -0.05) is 11.8 Å². The van der Waals surface area contributed by atoms with Crippen molar-refractivity contribution < 1.29 is 9.90 Å². The predicted molar refractivity (Wildman–Crippen MR) is 112 cm³/mol. The lowest BCUT2D eigenvalue weighted by Crippen LogP contribution is -2.40. The van der Waals surface area contributed by atoms with Crippen molar-refractivity contribution in [3.8, 4) is 11.8 Å². The first-order valence-electron chi connectivity index (χ1n) is 9.64. The molecule has 1 saturated heterocycles. The van der Waals surface area contributed by atoms with Crippen molar-refractivity contribution in [2.45, 2.75) is 38.8 Å². The van der Waals surface area contributed by atoms with Crippen LogP contribution in [-0.4, -0.2) is 46.1 Å². The Hall–Kier alpha value is -2.20. The summed E-state index contributed by atoms with van der Waals surface area (Å²) in [7, 11) is 0. The molecule has 1 fully saturated rings. The summed E-state index contributed by atoms with van der Waals surface area (Å²) in [6.45, 7) is 7.04. The number of nitrogens with one attached hydrogen (secondary N) is 1. The van der Waals surface area contributed by atoms with Crippen LogP contribution in [0.1, 0.15) is 46.8 Å². The van der Waals surface area contributed by atoms with Crippen LogP contribution in [0.25, 0.3) is 0 Å². The van der Waals surface area contributed by atoms with E-state index >= 15 is 0 Å². The van der Waals surface area contributed by atoms with E-state index in [0.717, 1.165) is 37.4 Å². The number of aliphatic hydroxyl groups is 1. The second-order valence-corrected chi connectivity index (χ2v) is 8.94. The molecule has 2 N–H and O–H groups in total. The number of carbonyl (C=O) groups excluding carboxylic acids is 1. The maximum atomic E-state index is 12.2. The minimum Gasteiger partial charge on any atom is -0.378 e. The summed E-state index contributed by atoms with van der Waals surface area (Å²) in [4.78, 5) is 20.9. The number of piperidine rings is 1. The fraction of sp³-hybridized carbons (Fsp3) is 0.455. The molecule has 5 nitrogen and oxygen atoms in total. The number of pyridine rings is 1. The van der Waals surface area contributed by atoms with Crippen molar-refractivity contribution >= 4 is 17.2 Å². The van der Waals surface area contributed by atoms with E-state index in [1.165, 1.54) is 4.88 Å². The number of thiophene rings is 1. The predicted octanol–water partition coefficient (Wildman–Crippen LogP) is 2.91. The average Bonchev–Trinajstić information content (AvgIpc) is 3.12. The van der Waals surface area contributed by atoms with Crippen molar-refractivity contribution in [1.29, 1.82) is 0 Å². The van der Waals surface area contributed by atoms with Gasteiger partial charge in [0.15, 0.2) is 0 Å². The van der Waals surface area contributed by atoms with Crippen LogP contribution in [0.4, 0.5) is 0 Å². The second-order valence-electron chi connectivity index (χ2n) is 7.77. The van der Waals surface area contributed by atoms with Crippen LogP contribution in [0.5, 0.6) is 0 Å². The number of amides is 1. The molecule has 0 radical (unpaired) electrons. The van der Waals surface area contributed by atoms with E-state index in [1.807, 2.05) is 6.07 Å². The number of hydrogen-bond acceptors (Lipinski definition) is 5. The van der Waals surface area contributed by atoms with Gasteiger partial charge in [-0.25, -0.2) is 0 Å².